The first-order chi connectivity index (χ1) is 13.6. The molecule has 6 heteroatoms. The molecular weight excluding hydrogens is 358 g/mol. The van der Waals surface area contributed by atoms with Crippen molar-refractivity contribution in [3.05, 3.63) is 59.7 Å². The molecule has 6 nitrogen and oxygen atoms in total. The minimum absolute atomic E-state index is 0.276. The molecule has 1 amide bonds. The van der Waals surface area contributed by atoms with Gasteiger partial charge in [0.2, 0.25) is 5.91 Å². The maximum Gasteiger partial charge on any atom is 0.337 e. The van der Waals surface area contributed by atoms with Crippen LogP contribution in [0.4, 0.5) is 5.69 Å². The fourth-order valence-electron chi connectivity index (χ4n) is 2.57. The minimum atomic E-state index is -0.419. The van der Waals surface area contributed by atoms with Crippen molar-refractivity contribution in [2.75, 3.05) is 26.1 Å². The molecule has 0 heterocycles. The van der Waals surface area contributed by atoms with Gasteiger partial charge in [-0.15, -0.1) is 0 Å². The van der Waals surface area contributed by atoms with Crippen molar-refractivity contribution in [3.63, 3.8) is 0 Å². The van der Waals surface area contributed by atoms with E-state index in [4.69, 9.17) is 9.47 Å². The smallest absolute Gasteiger partial charge is 0.337 e. The van der Waals surface area contributed by atoms with Crippen LogP contribution in [0.15, 0.2) is 48.5 Å². The Labute approximate surface area is 164 Å². The van der Waals surface area contributed by atoms with Crippen LogP contribution in [0, 0.1) is 5.92 Å². The molecule has 0 spiro atoms. The lowest BCUT2D eigenvalue weighted by Gasteiger charge is -2.11. The van der Waals surface area contributed by atoms with Gasteiger partial charge in [-0.2, -0.15) is 0 Å². The molecule has 0 radical (unpaired) electrons. The van der Waals surface area contributed by atoms with Gasteiger partial charge in [0.15, 0.2) is 11.5 Å². The molecule has 146 valence electrons. The van der Waals surface area contributed by atoms with Gasteiger partial charge in [-0.1, -0.05) is 6.07 Å². The van der Waals surface area contributed by atoms with Gasteiger partial charge in [0, 0.05) is 11.8 Å². The normalized spacial score (nSPS) is 13.2. The summed E-state index contributed by atoms with van der Waals surface area (Å²) in [7, 11) is 2.93. The molecule has 3 rings (SSSR count). The minimum Gasteiger partial charge on any atom is -0.493 e. The zero-order chi connectivity index (χ0) is 19.9. The average molecular weight is 381 g/mol. The van der Waals surface area contributed by atoms with Crippen molar-refractivity contribution in [3.8, 4) is 11.5 Å². The lowest BCUT2D eigenvalue weighted by Crippen LogP contribution is -2.08. The van der Waals surface area contributed by atoms with Gasteiger partial charge in [-0.3, -0.25) is 4.79 Å². The Morgan fingerprint density at radius 3 is 2.46 bits per heavy atom. The molecule has 2 aromatic rings. The number of esters is 1. The van der Waals surface area contributed by atoms with Gasteiger partial charge >= 0.3 is 5.97 Å². The van der Waals surface area contributed by atoms with Crippen LogP contribution in [0.3, 0.4) is 0 Å². The zero-order valence-corrected chi connectivity index (χ0v) is 15.9. The second-order valence-corrected chi connectivity index (χ2v) is 6.56. The predicted octanol–water partition coefficient (Wildman–Crippen LogP) is 3.92. The maximum absolute atomic E-state index is 12.1. The van der Waals surface area contributed by atoms with Gasteiger partial charge in [0.25, 0.3) is 0 Å². The molecule has 0 atom stereocenters. The lowest BCUT2D eigenvalue weighted by molar-refractivity contribution is -0.111. The Hall–Kier alpha value is -3.28. The summed E-state index contributed by atoms with van der Waals surface area (Å²) in [6, 6.07) is 12.0. The predicted molar refractivity (Wildman–Crippen MR) is 107 cm³/mol. The number of ether oxygens (including phenoxy) is 3. The largest absolute Gasteiger partial charge is 0.493 e. The summed E-state index contributed by atoms with van der Waals surface area (Å²) in [6.45, 7) is 0.686. The third kappa shape index (κ3) is 5.36. The number of benzene rings is 2. The van der Waals surface area contributed by atoms with E-state index in [0.29, 0.717) is 35.3 Å². The summed E-state index contributed by atoms with van der Waals surface area (Å²) in [5, 5.41) is 2.75. The molecule has 1 aliphatic carbocycles. The molecule has 0 unspecified atom stereocenters. The molecule has 1 aliphatic rings. The summed E-state index contributed by atoms with van der Waals surface area (Å²) in [4.78, 5) is 23.6. The van der Waals surface area contributed by atoms with Crippen LogP contribution in [0.25, 0.3) is 6.08 Å². The topological polar surface area (TPSA) is 73.9 Å². The van der Waals surface area contributed by atoms with E-state index in [1.54, 1.807) is 37.5 Å². The highest BCUT2D eigenvalue weighted by Crippen LogP contribution is 2.33. The Kier molecular flexibility index (Phi) is 6.32. The van der Waals surface area contributed by atoms with Gasteiger partial charge in [0.1, 0.15) is 0 Å². The number of hydrogen-bond acceptors (Lipinski definition) is 5. The summed E-state index contributed by atoms with van der Waals surface area (Å²) < 4.78 is 15.8. The van der Waals surface area contributed by atoms with Crippen molar-refractivity contribution < 1.29 is 23.8 Å². The van der Waals surface area contributed by atoms with E-state index in [-0.39, 0.29) is 5.91 Å². The summed E-state index contributed by atoms with van der Waals surface area (Å²) >= 11 is 0. The van der Waals surface area contributed by atoms with Crippen molar-refractivity contribution >= 4 is 23.6 Å². The van der Waals surface area contributed by atoms with E-state index in [1.807, 2.05) is 18.2 Å². The fourth-order valence-corrected chi connectivity index (χ4v) is 2.57. The molecule has 1 N–H and O–H groups in total. The van der Waals surface area contributed by atoms with Crippen LogP contribution in [0.2, 0.25) is 0 Å². The van der Waals surface area contributed by atoms with Crippen molar-refractivity contribution in [1.29, 1.82) is 0 Å². The molecule has 0 bridgehead atoms. The molecule has 1 fully saturated rings. The second-order valence-electron chi connectivity index (χ2n) is 6.56. The molecule has 0 saturated heterocycles. The number of methoxy groups -OCH3 is 2. The first kappa shape index (κ1) is 19.5. The third-order valence-electron chi connectivity index (χ3n) is 4.36. The summed E-state index contributed by atoms with van der Waals surface area (Å²) in [6.07, 6.45) is 5.58. The molecule has 0 aliphatic heterocycles. The molecular formula is C22H23NO5. The van der Waals surface area contributed by atoms with Crippen LogP contribution in [-0.2, 0) is 9.53 Å². The molecule has 2 aromatic carbocycles. The van der Waals surface area contributed by atoms with E-state index in [1.165, 1.54) is 26.0 Å². The Bertz CT molecular complexity index is 869. The Morgan fingerprint density at radius 1 is 1.07 bits per heavy atom. The summed E-state index contributed by atoms with van der Waals surface area (Å²) in [5.74, 6) is 1.29. The van der Waals surface area contributed by atoms with Crippen LogP contribution < -0.4 is 14.8 Å². The quantitative estimate of drug-likeness (QED) is 0.554. The third-order valence-corrected chi connectivity index (χ3v) is 4.36. The van der Waals surface area contributed by atoms with Gasteiger partial charge in [-0.25, -0.2) is 4.79 Å². The summed E-state index contributed by atoms with van der Waals surface area (Å²) in [5.41, 5.74) is 1.85. The first-order valence-corrected chi connectivity index (χ1v) is 9.07. The number of hydrogen-bond donors (Lipinski definition) is 1. The van der Waals surface area contributed by atoms with Crippen LogP contribution in [0.5, 0.6) is 11.5 Å². The van der Waals surface area contributed by atoms with Crippen LogP contribution in [0.1, 0.15) is 28.8 Å². The number of rotatable bonds is 8. The lowest BCUT2D eigenvalue weighted by atomic mass is 10.2. The SMILES string of the molecule is COC(=O)c1ccc(NC(=O)C=Cc2ccc(OC)c(OCC3CC3)c2)cc1. The van der Waals surface area contributed by atoms with Gasteiger partial charge in [-0.05, 0) is 66.8 Å². The number of carbonyl (C=O) groups excluding carboxylic acids is 2. The second kappa shape index (κ2) is 9.08. The monoisotopic (exact) mass is 381 g/mol. The highest BCUT2D eigenvalue weighted by molar-refractivity contribution is 6.02. The fraction of sp³-hybridized carbons (Fsp3) is 0.273. The molecule has 0 aromatic heterocycles. The van der Waals surface area contributed by atoms with Crippen LogP contribution in [-0.4, -0.2) is 32.7 Å². The number of amides is 1. The van der Waals surface area contributed by atoms with Gasteiger partial charge in [0.05, 0.1) is 26.4 Å². The van der Waals surface area contributed by atoms with Crippen LogP contribution >= 0.6 is 0 Å². The number of carbonyl (C=O) groups is 2. The molecule has 1 saturated carbocycles. The Balaban J connectivity index is 1.61. The van der Waals surface area contributed by atoms with Crippen molar-refractivity contribution in [2.24, 2.45) is 5.92 Å². The van der Waals surface area contributed by atoms with E-state index in [0.717, 1.165) is 5.56 Å². The number of anilines is 1. The zero-order valence-electron chi connectivity index (χ0n) is 15.9. The standard InChI is InChI=1S/C22H23NO5/c1-26-19-11-5-15(13-20(19)28-14-16-3-4-16)6-12-21(24)23-18-9-7-17(8-10-18)22(25)27-2/h5-13,16H,3-4,14H2,1-2H3,(H,23,24). The first-order valence-electron chi connectivity index (χ1n) is 9.07. The Morgan fingerprint density at radius 2 is 1.82 bits per heavy atom. The van der Waals surface area contributed by atoms with E-state index >= 15 is 0 Å². The van der Waals surface area contributed by atoms with Crippen molar-refractivity contribution in [2.45, 2.75) is 12.8 Å². The highest BCUT2D eigenvalue weighted by atomic mass is 16.5. The maximum atomic E-state index is 12.1. The van der Waals surface area contributed by atoms with E-state index < -0.39 is 5.97 Å². The highest BCUT2D eigenvalue weighted by Gasteiger charge is 2.22. The molecule has 28 heavy (non-hydrogen) atoms. The van der Waals surface area contributed by atoms with E-state index in [9.17, 15) is 9.59 Å². The van der Waals surface area contributed by atoms with Crippen molar-refractivity contribution in [1.82, 2.24) is 0 Å². The number of nitrogens with one attached hydrogen (secondary N) is 1. The van der Waals surface area contributed by atoms with E-state index in [2.05, 4.69) is 10.1 Å². The average Bonchev–Trinajstić information content (AvgIpc) is 3.55. The van der Waals surface area contributed by atoms with Gasteiger partial charge < -0.3 is 19.5 Å².